The smallest absolute Gasteiger partial charge is 0.323 e. The predicted molar refractivity (Wildman–Crippen MR) is 87.1 cm³/mol. The molecule has 0 saturated heterocycles. The highest BCUT2D eigenvalue weighted by atomic mass is 32.1. The summed E-state index contributed by atoms with van der Waals surface area (Å²) in [6, 6.07) is 8.54. The molecule has 0 aliphatic carbocycles. The van der Waals surface area contributed by atoms with Gasteiger partial charge in [-0.05, 0) is 30.5 Å². The molecule has 0 bridgehead atoms. The topological polar surface area (TPSA) is 74.3 Å². The van der Waals surface area contributed by atoms with Crippen LogP contribution >= 0.6 is 11.3 Å². The van der Waals surface area contributed by atoms with Gasteiger partial charge in [-0.3, -0.25) is 10.1 Å². The van der Waals surface area contributed by atoms with Crippen LogP contribution in [0.25, 0.3) is 0 Å². The summed E-state index contributed by atoms with van der Waals surface area (Å²) in [5, 5.41) is 7.18. The van der Waals surface area contributed by atoms with Crippen LogP contribution in [0.15, 0.2) is 35.7 Å². The van der Waals surface area contributed by atoms with Crippen molar-refractivity contribution in [1.82, 2.24) is 15.2 Å². The fraction of sp³-hybridized carbons (Fsp3) is 0.267. The van der Waals surface area contributed by atoms with Crippen molar-refractivity contribution in [1.29, 1.82) is 0 Å². The average molecular weight is 318 g/mol. The van der Waals surface area contributed by atoms with Crippen LogP contribution in [0.4, 0.5) is 10.6 Å². The van der Waals surface area contributed by atoms with E-state index in [4.69, 9.17) is 0 Å². The SMILES string of the molecule is CNC(=O)c1cccc(NC(=O)N(C)[C@H](C)c2cccs2)n1. The Balaban J connectivity index is 2.07. The number of rotatable bonds is 4. The Hall–Kier alpha value is -2.41. The fourth-order valence-electron chi connectivity index (χ4n) is 1.85. The van der Waals surface area contributed by atoms with Crippen LogP contribution in [0.5, 0.6) is 0 Å². The molecule has 1 atom stereocenters. The van der Waals surface area contributed by atoms with E-state index in [1.807, 2.05) is 24.4 Å². The lowest BCUT2D eigenvalue weighted by Gasteiger charge is -2.24. The maximum Gasteiger partial charge on any atom is 0.323 e. The first-order chi connectivity index (χ1) is 10.5. The molecule has 0 unspecified atom stereocenters. The first kappa shape index (κ1) is 16.0. The number of hydrogen-bond acceptors (Lipinski definition) is 4. The molecule has 0 spiro atoms. The van der Waals surface area contributed by atoms with Crippen LogP contribution in [0, 0.1) is 0 Å². The number of hydrogen-bond donors (Lipinski definition) is 2. The highest BCUT2D eigenvalue weighted by molar-refractivity contribution is 7.10. The fourth-order valence-corrected chi connectivity index (χ4v) is 2.68. The van der Waals surface area contributed by atoms with Crippen LogP contribution in [0.1, 0.15) is 28.3 Å². The van der Waals surface area contributed by atoms with Gasteiger partial charge >= 0.3 is 6.03 Å². The average Bonchev–Trinajstić information content (AvgIpc) is 3.07. The third-order valence-corrected chi connectivity index (χ3v) is 4.34. The van der Waals surface area contributed by atoms with Gasteiger partial charge in [-0.1, -0.05) is 12.1 Å². The highest BCUT2D eigenvalue weighted by Gasteiger charge is 2.18. The molecule has 0 radical (unpaired) electrons. The number of thiophene rings is 1. The van der Waals surface area contributed by atoms with Crippen LogP contribution in [-0.4, -0.2) is 35.9 Å². The molecular formula is C15H18N4O2S. The summed E-state index contributed by atoms with van der Waals surface area (Å²) in [7, 11) is 3.26. The number of anilines is 1. The van der Waals surface area contributed by atoms with Crippen molar-refractivity contribution in [2.45, 2.75) is 13.0 Å². The Bertz CT molecular complexity index is 657. The van der Waals surface area contributed by atoms with E-state index in [0.29, 0.717) is 5.82 Å². The Labute approximate surface area is 133 Å². The lowest BCUT2D eigenvalue weighted by molar-refractivity contribution is 0.0958. The van der Waals surface area contributed by atoms with Crippen LogP contribution < -0.4 is 10.6 Å². The maximum atomic E-state index is 12.3. The molecule has 0 aromatic carbocycles. The van der Waals surface area contributed by atoms with Crippen molar-refractivity contribution in [3.8, 4) is 0 Å². The lowest BCUT2D eigenvalue weighted by atomic mass is 10.2. The number of carbonyl (C=O) groups is 2. The van der Waals surface area contributed by atoms with Crippen LogP contribution in [0.3, 0.4) is 0 Å². The van der Waals surface area contributed by atoms with E-state index < -0.39 is 0 Å². The van der Waals surface area contributed by atoms with Crippen molar-refractivity contribution < 1.29 is 9.59 Å². The van der Waals surface area contributed by atoms with Gasteiger partial charge in [-0.25, -0.2) is 9.78 Å². The zero-order valence-corrected chi connectivity index (χ0v) is 13.5. The van der Waals surface area contributed by atoms with Crippen molar-refractivity contribution in [3.05, 3.63) is 46.3 Å². The summed E-state index contributed by atoms with van der Waals surface area (Å²) < 4.78 is 0. The summed E-state index contributed by atoms with van der Waals surface area (Å²) in [4.78, 5) is 30.7. The van der Waals surface area contributed by atoms with E-state index >= 15 is 0 Å². The van der Waals surface area contributed by atoms with Gasteiger partial charge in [0.05, 0.1) is 6.04 Å². The Morgan fingerprint density at radius 3 is 2.68 bits per heavy atom. The Morgan fingerprint density at radius 1 is 1.27 bits per heavy atom. The van der Waals surface area contributed by atoms with Gasteiger partial charge in [0.15, 0.2) is 0 Å². The molecule has 0 fully saturated rings. The number of nitrogens with zero attached hydrogens (tertiary/aromatic N) is 2. The normalized spacial score (nSPS) is 11.6. The van der Waals surface area contributed by atoms with Gasteiger partial charge in [0, 0.05) is 19.0 Å². The zero-order valence-electron chi connectivity index (χ0n) is 12.7. The molecule has 7 heteroatoms. The molecule has 0 saturated carbocycles. The molecule has 2 aromatic rings. The minimum Gasteiger partial charge on any atom is -0.354 e. The van der Waals surface area contributed by atoms with Crippen molar-refractivity contribution in [3.63, 3.8) is 0 Å². The van der Waals surface area contributed by atoms with Gasteiger partial charge in [-0.15, -0.1) is 11.3 Å². The molecule has 6 nitrogen and oxygen atoms in total. The third kappa shape index (κ3) is 3.62. The molecule has 0 aliphatic heterocycles. The second-order valence-electron chi connectivity index (χ2n) is 4.72. The molecule has 3 amide bonds. The number of nitrogens with one attached hydrogen (secondary N) is 2. The van der Waals surface area contributed by atoms with Crippen molar-refractivity contribution >= 4 is 29.1 Å². The zero-order chi connectivity index (χ0) is 16.1. The van der Waals surface area contributed by atoms with Crippen molar-refractivity contribution in [2.75, 3.05) is 19.4 Å². The van der Waals surface area contributed by atoms with Gasteiger partial charge in [0.1, 0.15) is 11.5 Å². The van der Waals surface area contributed by atoms with Crippen molar-refractivity contribution in [2.24, 2.45) is 0 Å². The van der Waals surface area contributed by atoms with E-state index in [0.717, 1.165) is 4.88 Å². The minimum absolute atomic E-state index is 0.0397. The maximum absolute atomic E-state index is 12.3. The molecule has 2 aromatic heterocycles. The molecule has 0 aliphatic rings. The number of pyridine rings is 1. The van der Waals surface area contributed by atoms with E-state index in [2.05, 4.69) is 15.6 Å². The van der Waals surface area contributed by atoms with E-state index in [1.165, 1.54) is 7.05 Å². The number of amides is 3. The Kier molecular flexibility index (Phi) is 5.11. The second-order valence-corrected chi connectivity index (χ2v) is 5.70. The monoisotopic (exact) mass is 318 g/mol. The molecule has 2 heterocycles. The molecule has 116 valence electrons. The van der Waals surface area contributed by atoms with E-state index in [1.54, 1.807) is 41.5 Å². The van der Waals surface area contributed by atoms with Gasteiger partial charge < -0.3 is 10.2 Å². The highest BCUT2D eigenvalue weighted by Crippen LogP contribution is 2.23. The number of aromatic nitrogens is 1. The largest absolute Gasteiger partial charge is 0.354 e. The number of carbonyl (C=O) groups excluding carboxylic acids is 2. The first-order valence-electron chi connectivity index (χ1n) is 6.79. The molecule has 2 N–H and O–H groups in total. The van der Waals surface area contributed by atoms with E-state index in [-0.39, 0.29) is 23.7 Å². The summed E-state index contributed by atoms with van der Waals surface area (Å²) >= 11 is 1.60. The predicted octanol–water partition coefficient (Wildman–Crippen LogP) is 2.73. The summed E-state index contributed by atoms with van der Waals surface area (Å²) in [6.45, 7) is 1.96. The standard InChI is InChI=1S/C15H18N4O2S/c1-10(12-7-5-9-22-12)19(3)15(21)18-13-8-4-6-11(17-13)14(20)16-2/h4-10H,1-3H3,(H,16,20)(H,17,18,21)/t10-/m1/s1. The summed E-state index contributed by atoms with van der Waals surface area (Å²) in [5.41, 5.74) is 0.259. The second kappa shape index (κ2) is 7.04. The molecule has 22 heavy (non-hydrogen) atoms. The summed E-state index contributed by atoms with van der Waals surface area (Å²) in [6.07, 6.45) is 0. The van der Waals surface area contributed by atoms with Gasteiger partial charge in [-0.2, -0.15) is 0 Å². The van der Waals surface area contributed by atoms with Gasteiger partial charge in [0.2, 0.25) is 0 Å². The summed E-state index contributed by atoms with van der Waals surface area (Å²) in [5.74, 6) is 0.0488. The number of urea groups is 1. The van der Waals surface area contributed by atoms with Crippen LogP contribution in [0.2, 0.25) is 0 Å². The quantitative estimate of drug-likeness (QED) is 0.910. The molecular weight excluding hydrogens is 300 g/mol. The third-order valence-electron chi connectivity index (χ3n) is 3.30. The van der Waals surface area contributed by atoms with Gasteiger partial charge in [0.25, 0.3) is 5.91 Å². The Morgan fingerprint density at radius 2 is 2.05 bits per heavy atom. The molecule has 2 rings (SSSR count). The lowest BCUT2D eigenvalue weighted by Crippen LogP contribution is -2.33. The van der Waals surface area contributed by atoms with E-state index in [9.17, 15) is 9.59 Å². The first-order valence-corrected chi connectivity index (χ1v) is 7.67. The van der Waals surface area contributed by atoms with Crippen LogP contribution in [-0.2, 0) is 0 Å². The minimum atomic E-state index is -0.295.